The molecule has 0 aliphatic rings. The minimum absolute atomic E-state index is 0.159. The summed E-state index contributed by atoms with van der Waals surface area (Å²) >= 11 is 10.2. The summed E-state index contributed by atoms with van der Waals surface area (Å²) in [5, 5.41) is 21.7. The number of benzene rings is 2. The summed E-state index contributed by atoms with van der Waals surface area (Å²) in [7, 11) is 0. The molecule has 0 unspecified atom stereocenters. The lowest BCUT2D eigenvalue weighted by molar-refractivity contribution is -0.118. The number of hydrogen-bond acceptors (Lipinski definition) is 8. The summed E-state index contributed by atoms with van der Waals surface area (Å²) in [6, 6.07) is 13.8. The Bertz CT molecular complexity index is 1040. The van der Waals surface area contributed by atoms with E-state index in [9.17, 15) is 9.59 Å². The van der Waals surface area contributed by atoms with Crippen LogP contribution >= 0.6 is 46.5 Å². The van der Waals surface area contributed by atoms with E-state index in [1.165, 1.54) is 41.4 Å². The summed E-state index contributed by atoms with van der Waals surface area (Å²) in [6.45, 7) is 0. The Morgan fingerprint density at radius 3 is 2.40 bits per heavy atom. The molecule has 3 rings (SSSR count). The van der Waals surface area contributed by atoms with E-state index in [0.717, 1.165) is 15.7 Å². The van der Waals surface area contributed by atoms with Crippen LogP contribution in [0.5, 0.6) is 0 Å². The fraction of sp³-hybridized carbons (Fsp3) is 0.105. The van der Waals surface area contributed by atoms with Gasteiger partial charge in [0.05, 0.1) is 17.5 Å². The Labute approximate surface area is 190 Å². The fourth-order valence-electron chi connectivity index (χ4n) is 2.09. The van der Waals surface area contributed by atoms with Crippen molar-refractivity contribution in [3.05, 3.63) is 70.2 Å². The summed E-state index contributed by atoms with van der Waals surface area (Å²) in [6.07, 6.45) is 1.45. The van der Waals surface area contributed by atoms with Crippen LogP contribution in [0.2, 0.25) is 5.02 Å². The van der Waals surface area contributed by atoms with Crippen molar-refractivity contribution < 1.29 is 14.7 Å². The lowest BCUT2D eigenvalue weighted by Crippen LogP contribution is -2.19. The number of nitrogens with one attached hydrogen (secondary N) is 1. The number of aromatic carboxylic acids is 1. The van der Waals surface area contributed by atoms with Gasteiger partial charge in [0.25, 0.3) is 5.91 Å². The van der Waals surface area contributed by atoms with E-state index < -0.39 is 5.97 Å². The van der Waals surface area contributed by atoms with Gasteiger partial charge in [0, 0.05) is 10.8 Å². The first-order valence-corrected chi connectivity index (χ1v) is 11.6. The number of carboxylic acid groups (broad SMARTS) is 1. The van der Waals surface area contributed by atoms with Crippen molar-refractivity contribution >= 4 is 64.6 Å². The highest BCUT2D eigenvalue weighted by atomic mass is 35.5. The topological polar surface area (TPSA) is 105 Å². The maximum Gasteiger partial charge on any atom is 0.335 e. The third-order valence-corrected chi connectivity index (χ3v) is 7.06. The molecule has 0 spiro atoms. The number of halogens is 1. The van der Waals surface area contributed by atoms with E-state index >= 15 is 0 Å². The van der Waals surface area contributed by atoms with E-state index in [4.69, 9.17) is 16.7 Å². The second kappa shape index (κ2) is 11.1. The van der Waals surface area contributed by atoms with Crippen LogP contribution in [0.15, 0.2) is 62.3 Å². The molecule has 0 bridgehead atoms. The number of carbonyl (C=O) groups excluding carboxylic acids is 1. The minimum atomic E-state index is -0.993. The van der Waals surface area contributed by atoms with Crippen LogP contribution in [0, 0.1) is 0 Å². The first kappa shape index (κ1) is 22.3. The molecule has 1 aromatic heterocycles. The smallest absolute Gasteiger partial charge is 0.335 e. The van der Waals surface area contributed by atoms with Crippen LogP contribution in [0.4, 0.5) is 0 Å². The van der Waals surface area contributed by atoms with Crippen molar-refractivity contribution in [3.63, 3.8) is 0 Å². The molecular formula is C19H15ClN4O3S3. The summed E-state index contributed by atoms with van der Waals surface area (Å²) in [5.74, 6) is -0.346. The molecule has 154 valence electrons. The lowest BCUT2D eigenvalue weighted by atomic mass is 10.1. The quantitative estimate of drug-likeness (QED) is 0.266. The Hall–Kier alpha value is -2.40. The second-order valence-electron chi connectivity index (χ2n) is 5.76. The molecule has 0 saturated carbocycles. The highest BCUT2D eigenvalue weighted by Crippen LogP contribution is 2.30. The van der Waals surface area contributed by atoms with Gasteiger partial charge in [-0.25, -0.2) is 10.2 Å². The normalized spacial score (nSPS) is 11.0. The van der Waals surface area contributed by atoms with Gasteiger partial charge in [-0.1, -0.05) is 70.7 Å². The predicted molar refractivity (Wildman–Crippen MR) is 121 cm³/mol. The molecule has 1 amide bonds. The first-order chi connectivity index (χ1) is 14.5. The van der Waals surface area contributed by atoms with Gasteiger partial charge in [0.2, 0.25) is 0 Å². The van der Waals surface area contributed by atoms with Crippen molar-refractivity contribution in [3.8, 4) is 0 Å². The van der Waals surface area contributed by atoms with Crippen molar-refractivity contribution in [2.24, 2.45) is 5.10 Å². The number of hydrogen-bond donors (Lipinski definition) is 2. The number of hydrazone groups is 1. The first-order valence-electron chi connectivity index (χ1n) is 8.48. The largest absolute Gasteiger partial charge is 0.478 e. The van der Waals surface area contributed by atoms with Crippen molar-refractivity contribution in [2.75, 3.05) is 5.75 Å². The Kier molecular flexibility index (Phi) is 8.26. The van der Waals surface area contributed by atoms with E-state index in [0.29, 0.717) is 14.9 Å². The fourth-order valence-corrected chi connectivity index (χ4v) is 4.98. The molecule has 0 atom stereocenters. The SMILES string of the molecule is O=C(CSc1nnc(SCc2ccc(Cl)cc2)s1)N/N=C\c1ccc(C(=O)O)cc1. The molecule has 11 heteroatoms. The summed E-state index contributed by atoms with van der Waals surface area (Å²) in [4.78, 5) is 22.7. The molecule has 0 radical (unpaired) electrons. The van der Waals surface area contributed by atoms with Crippen LogP contribution in [0.25, 0.3) is 0 Å². The van der Waals surface area contributed by atoms with E-state index in [1.54, 1.807) is 23.9 Å². The molecule has 2 N–H and O–H groups in total. The number of carbonyl (C=O) groups is 2. The monoisotopic (exact) mass is 478 g/mol. The van der Waals surface area contributed by atoms with Crippen molar-refractivity contribution in [1.29, 1.82) is 0 Å². The number of nitrogens with zero attached hydrogens (tertiary/aromatic N) is 3. The third kappa shape index (κ3) is 7.13. The molecule has 0 saturated heterocycles. The van der Waals surface area contributed by atoms with Gasteiger partial charge < -0.3 is 5.11 Å². The second-order valence-corrected chi connectivity index (χ2v) is 9.62. The number of amides is 1. The van der Waals surface area contributed by atoms with Gasteiger partial charge in [-0.05, 0) is 35.4 Å². The minimum Gasteiger partial charge on any atom is -0.478 e. The standard InChI is InChI=1S/C19H15ClN4O3S3/c20-15-7-3-13(4-8-15)10-28-18-23-24-19(30-18)29-11-16(25)22-21-9-12-1-5-14(6-2-12)17(26)27/h1-9H,10-11H2,(H,22,25)(H,26,27)/b21-9-. The molecule has 7 nitrogen and oxygen atoms in total. The molecule has 0 aliphatic heterocycles. The molecule has 1 heterocycles. The maximum atomic E-state index is 11.9. The summed E-state index contributed by atoms with van der Waals surface area (Å²) < 4.78 is 1.53. The van der Waals surface area contributed by atoms with Gasteiger partial charge in [-0.15, -0.1) is 10.2 Å². The predicted octanol–water partition coefficient (Wildman–Crippen LogP) is 4.42. The van der Waals surface area contributed by atoms with Crippen LogP contribution < -0.4 is 5.43 Å². The molecule has 3 aromatic rings. The van der Waals surface area contributed by atoms with Crippen LogP contribution in [-0.2, 0) is 10.5 Å². The average molecular weight is 479 g/mol. The molecule has 0 aliphatic carbocycles. The number of carboxylic acids is 1. The van der Waals surface area contributed by atoms with Crippen LogP contribution in [0.1, 0.15) is 21.5 Å². The zero-order valence-electron chi connectivity index (χ0n) is 15.3. The Balaban J connectivity index is 1.40. The van der Waals surface area contributed by atoms with E-state index in [-0.39, 0.29) is 17.2 Å². The molecule has 2 aromatic carbocycles. The Morgan fingerprint density at radius 2 is 1.73 bits per heavy atom. The van der Waals surface area contributed by atoms with Crippen molar-refractivity contribution in [2.45, 2.75) is 14.4 Å². The van der Waals surface area contributed by atoms with Gasteiger partial charge >= 0.3 is 5.97 Å². The van der Waals surface area contributed by atoms with Gasteiger partial charge in [-0.3, -0.25) is 4.79 Å². The third-order valence-electron chi connectivity index (χ3n) is 3.55. The van der Waals surface area contributed by atoms with Gasteiger partial charge in [-0.2, -0.15) is 5.10 Å². The number of aromatic nitrogens is 2. The average Bonchev–Trinajstić information content (AvgIpc) is 3.20. The molecule has 30 heavy (non-hydrogen) atoms. The molecular weight excluding hydrogens is 464 g/mol. The Morgan fingerprint density at radius 1 is 1.07 bits per heavy atom. The highest BCUT2D eigenvalue weighted by molar-refractivity contribution is 8.03. The zero-order chi connectivity index (χ0) is 21.3. The van der Waals surface area contributed by atoms with Gasteiger partial charge in [0.1, 0.15) is 0 Å². The van der Waals surface area contributed by atoms with E-state index in [1.807, 2.05) is 24.3 Å². The van der Waals surface area contributed by atoms with Gasteiger partial charge in [0.15, 0.2) is 8.68 Å². The lowest BCUT2D eigenvalue weighted by Gasteiger charge is -1.98. The maximum absolute atomic E-state index is 11.9. The van der Waals surface area contributed by atoms with E-state index in [2.05, 4.69) is 20.7 Å². The number of rotatable bonds is 9. The summed E-state index contributed by atoms with van der Waals surface area (Å²) in [5.41, 5.74) is 4.44. The highest BCUT2D eigenvalue weighted by Gasteiger charge is 2.09. The molecule has 0 fully saturated rings. The zero-order valence-corrected chi connectivity index (χ0v) is 18.5. The van der Waals surface area contributed by atoms with Crippen molar-refractivity contribution in [1.82, 2.24) is 15.6 Å². The van der Waals surface area contributed by atoms with Crippen LogP contribution in [-0.4, -0.2) is 39.1 Å². The van der Waals surface area contributed by atoms with Crippen LogP contribution in [0.3, 0.4) is 0 Å². The number of thioether (sulfide) groups is 2.